The molecule has 0 bridgehead atoms. The number of phenolic OH excluding ortho intramolecular Hbond substituents is 1. The van der Waals surface area contributed by atoms with Crippen LogP contribution >= 0.6 is 0 Å². The van der Waals surface area contributed by atoms with Crippen molar-refractivity contribution in [3.63, 3.8) is 0 Å². The Morgan fingerprint density at radius 3 is 2.70 bits per heavy atom. The van der Waals surface area contributed by atoms with Crippen LogP contribution in [0.5, 0.6) is 5.75 Å². The second kappa shape index (κ2) is 9.71. The van der Waals surface area contributed by atoms with Gasteiger partial charge in [-0.2, -0.15) is 0 Å². The molecular weight excluding hydrogens is 376 g/mol. The third-order valence-corrected chi connectivity index (χ3v) is 6.68. The lowest BCUT2D eigenvalue weighted by Gasteiger charge is -2.30. The van der Waals surface area contributed by atoms with Crippen molar-refractivity contribution >= 4 is 11.9 Å². The van der Waals surface area contributed by atoms with Crippen LogP contribution in [0.2, 0.25) is 0 Å². The molecule has 1 aromatic carbocycles. The number of nitrogens with zero attached hydrogens (tertiary/aromatic N) is 1. The van der Waals surface area contributed by atoms with E-state index in [-0.39, 0.29) is 17.9 Å². The minimum absolute atomic E-state index is 0.102. The van der Waals surface area contributed by atoms with Gasteiger partial charge in [0.05, 0.1) is 6.54 Å². The molecule has 1 amide bonds. The van der Waals surface area contributed by atoms with Crippen LogP contribution < -0.4 is 16.0 Å². The number of hydrogen-bond acceptors (Lipinski definition) is 3. The first kappa shape index (κ1) is 21.0. The van der Waals surface area contributed by atoms with Crippen molar-refractivity contribution in [2.45, 2.75) is 89.8 Å². The molecule has 2 unspecified atom stereocenters. The van der Waals surface area contributed by atoms with Gasteiger partial charge in [0.2, 0.25) is 5.91 Å². The van der Waals surface area contributed by atoms with Crippen LogP contribution in [0.4, 0.5) is 0 Å². The summed E-state index contributed by atoms with van der Waals surface area (Å²) >= 11 is 0. The Labute approximate surface area is 179 Å². The maximum atomic E-state index is 12.5. The molecule has 2 fully saturated rings. The van der Waals surface area contributed by atoms with E-state index in [9.17, 15) is 9.90 Å². The van der Waals surface area contributed by atoms with Crippen LogP contribution in [-0.4, -0.2) is 35.6 Å². The van der Waals surface area contributed by atoms with Crippen LogP contribution in [0.1, 0.15) is 75.0 Å². The summed E-state index contributed by atoms with van der Waals surface area (Å²) in [5.41, 5.74) is 3.61. The average Bonchev–Trinajstić information content (AvgIpc) is 3.57. The normalized spacial score (nSPS) is 24.1. The Kier molecular flexibility index (Phi) is 6.80. The molecular formula is C24H36N4O2. The number of amides is 1. The summed E-state index contributed by atoms with van der Waals surface area (Å²) in [4.78, 5) is 17.3. The highest BCUT2D eigenvalue weighted by Gasteiger charge is 2.31. The third-order valence-electron chi connectivity index (χ3n) is 6.68. The van der Waals surface area contributed by atoms with Gasteiger partial charge < -0.3 is 21.1 Å². The molecule has 164 valence electrons. The van der Waals surface area contributed by atoms with Crippen molar-refractivity contribution in [1.29, 1.82) is 0 Å². The third kappa shape index (κ3) is 5.27. The van der Waals surface area contributed by atoms with E-state index in [2.05, 4.69) is 28.9 Å². The fourth-order valence-corrected chi connectivity index (χ4v) is 4.85. The van der Waals surface area contributed by atoms with Crippen molar-refractivity contribution in [1.82, 2.24) is 16.0 Å². The monoisotopic (exact) mass is 412 g/mol. The maximum Gasteiger partial charge on any atom is 0.223 e. The molecule has 1 aromatic rings. The highest BCUT2D eigenvalue weighted by Crippen LogP contribution is 2.31. The number of guanidine groups is 1. The molecule has 3 aliphatic rings. The largest absolute Gasteiger partial charge is 0.508 e. The highest BCUT2D eigenvalue weighted by molar-refractivity contribution is 5.81. The van der Waals surface area contributed by atoms with E-state index in [0.29, 0.717) is 18.3 Å². The summed E-state index contributed by atoms with van der Waals surface area (Å²) in [6.07, 6.45) is 10.7. The Bertz CT molecular complexity index is 788. The van der Waals surface area contributed by atoms with Gasteiger partial charge in [0.1, 0.15) is 5.75 Å². The quantitative estimate of drug-likeness (QED) is 0.427. The lowest BCUT2D eigenvalue weighted by molar-refractivity contribution is -0.126. The molecule has 4 N–H and O–H groups in total. The number of fused-ring (bicyclic) bond motifs is 1. The van der Waals surface area contributed by atoms with Crippen molar-refractivity contribution in [2.24, 2.45) is 10.9 Å². The second-order valence-corrected chi connectivity index (χ2v) is 9.09. The lowest BCUT2D eigenvalue weighted by atomic mass is 9.85. The number of aliphatic imine (C=N–C) groups is 1. The van der Waals surface area contributed by atoms with Crippen LogP contribution in [-0.2, 0) is 24.2 Å². The van der Waals surface area contributed by atoms with Crippen molar-refractivity contribution in [3.8, 4) is 5.75 Å². The number of hydrogen-bond donors (Lipinski definition) is 4. The predicted octanol–water partition coefficient (Wildman–Crippen LogP) is 3.16. The molecule has 6 nitrogen and oxygen atoms in total. The number of aryl methyl sites for hydroxylation is 1. The lowest BCUT2D eigenvalue weighted by Crippen LogP contribution is -2.47. The summed E-state index contributed by atoms with van der Waals surface area (Å²) in [7, 11) is 0. The molecule has 0 aliphatic heterocycles. The maximum absolute atomic E-state index is 12.5. The zero-order valence-electron chi connectivity index (χ0n) is 18.2. The van der Waals surface area contributed by atoms with Gasteiger partial charge in [-0.25, -0.2) is 4.99 Å². The topological polar surface area (TPSA) is 85.8 Å². The zero-order chi connectivity index (χ0) is 20.9. The molecule has 0 spiro atoms. The van der Waals surface area contributed by atoms with E-state index in [4.69, 9.17) is 4.99 Å². The van der Waals surface area contributed by atoms with Crippen LogP contribution in [0.3, 0.4) is 0 Å². The summed E-state index contributed by atoms with van der Waals surface area (Å²) in [5, 5.41) is 20.5. The highest BCUT2D eigenvalue weighted by atomic mass is 16.3. The Morgan fingerprint density at radius 2 is 1.90 bits per heavy atom. The molecule has 30 heavy (non-hydrogen) atoms. The second-order valence-electron chi connectivity index (χ2n) is 9.09. The molecule has 0 saturated heterocycles. The molecule has 2 saturated carbocycles. The van der Waals surface area contributed by atoms with E-state index >= 15 is 0 Å². The molecule has 6 heteroatoms. The van der Waals surface area contributed by atoms with E-state index in [1.165, 1.54) is 24.0 Å². The van der Waals surface area contributed by atoms with Gasteiger partial charge in [-0.3, -0.25) is 4.79 Å². The van der Waals surface area contributed by atoms with Gasteiger partial charge in [-0.05, 0) is 81.9 Å². The van der Waals surface area contributed by atoms with Gasteiger partial charge >= 0.3 is 0 Å². The van der Waals surface area contributed by atoms with E-state index in [1.807, 2.05) is 6.07 Å². The molecule has 0 heterocycles. The number of aromatic hydroxyl groups is 1. The number of phenols is 1. The summed E-state index contributed by atoms with van der Waals surface area (Å²) in [6.45, 7) is 3.32. The van der Waals surface area contributed by atoms with Gasteiger partial charge in [0, 0.05) is 30.1 Å². The first-order chi connectivity index (χ1) is 14.6. The van der Waals surface area contributed by atoms with Crippen LogP contribution in [0.25, 0.3) is 0 Å². The van der Waals surface area contributed by atoms with Gasteiger partial charge in [0.25, 0.3) is 0 Å². The van der Waals surface area contributed by atoms with Crippen molar-refractivity contribution < 1.29 is 9.90 Å². The number of benzene rings is 1. The minimum atomic E-state index is 0.102. The van der Waals surface area contributed by atoms with Gasteiger partial charge in [0.15, 0.2) is 5.96 Å². The number of nitrogens with one attached hydrogen (secondary N) is 3. The number of carbonyl (C=O) groups is 1. The summed E-state index contributed by atoms with van der Waals surface area (Å²) in [5.74, 6) is 1.46. The average molecular weight is 413 g/mol. The molecule has 0 aromatic heterocycles. The Morgan fingerprint density at radius 1 is 1.07 bits per heavy atom. The number of rotatable bonds is 6. The Balaban J connectivity index is 1.41. The van der Waals surface area contributed by atoms with E-state index < -0.39 is 0 Å². The van der Waals surface area contributed by atoms with E-state index in [0.717, 1.165) is 69.4 Å². The first-order valence-electron chi connectivity index (χ1n) is 11.8. The Hall–Kier alpha value is -2.24. The minimum Gasteiger partial charge on any atom is -0.508 e. The molecule has 0 radical (unpaired) electrons. The zero-order valence-corrected chi connectivity index (χ0v) is 18.2. The fourth-order valence-electron chi connectivity index (χ4n) is 4.85. The van der Waals surface area contributed by atoms with E-state index in [1.54, 1.807) is 0 Å². The standard InChI is InChI=1S/C24H36N4O2/c1-2-25-24(26-15-21-20-9-4-3-6-16(20)10-13-22(21)29)28-19-8-5-7-17(14-19)23(30)27-18-11-12-18/h10,13,17-19,29H,2-9,11-12,14-15H2,1H3,(H,27,30)(H2,25,26,28). The molecule has 3 aliphatic carbocycles. The van der Waals surface area contributed by atoms with Gasteiger partial charge in [-0.1, -0.05) is 12.5 Å². The first-order valence-corrected chi connectivity index (χ1v) is 11.8. The summed E-state index contributed by atoms with van der Waals surface area (Å²) < 4.78 is 0. The van der Waals surface area contributed by atoms with Gasteiger partial charge in [-0.15, -0.1) is 0 Å². The van der Waals surface area contributed by atoms with Crippen molar-refractivity contribution in [2.75, 3.05) is 6.54 Å². The SMILES string of the molecule is CCNC(=NCc1c(O)ccc2c1CCCC2)NC1CCCC(C(=O)NC2CC2)C1. The number of carbonyl (C=O) groups excluding carboxylic acids is 1. The van der Waals surface area contributed by atoms with Crippen molar-refractivity contribution in [3.05, 3.63) is 28.8 Å². The molecule has 2 atom stereocenters. The predicted molar refractivity (Wildman–Crippen MR) is 120 cm³/mol. The fraction of sp³-hybridized carbons (Fsp3) is 0.667. The molecule has 4 rings (SSSR count). The van der Waals surface area contributed by atoms with Crippen LogP contribution in [0.15, 0.2) is 17.1 Å². The van der Waals surface area contributed by atoms with Crippen LogP contribution in [0, 0.1) is 5.92 Å². The smallest absolute Gasteiger partial charge is 0.223 e. The summed E-state index contributed by atoms with van der Waals surface area (Å²) in [6, 6.07) is 4.56.